The van der Waals surface area contributed by atoms with Crippen LogP contribution >= 0.6 is 0 Å². The second kappa shape index (κ2) is 8.29. The maximum Gasteiger partial charge on any atom is 0.255 e. The van der Waals surface area contributed by atoms with Crippen molar-refractivity contribution in [1.82, 2.24) is 10.6 Å². The van der Waals surface area contributed by atoms with Crippen molar-refractivity contribution >= 4 is 5.96 Å². The molecule has 1 aromatic rings. The third-order valence-electron chi connectivity index (χ3n) is 2.36. The van der Waals surface area contributed by atoms with E-state index in [2.05, 4.69) is 15.6 Å². The first-order valence-corrected chi connectivity index (χ1v) is 6.16. The number of nitrogens with one attached hydrogen (secondary N) is 2. The number of halogens is 3. The lowest BCUT2D eigenvalue weighted by Gasteiger charge is -2.17. The highest BCUT2D eigenvalue weighted by Gasteiger charge is 2.07. The van der Waals surface area contributed by atoms with Crippen molar-refractivity contribution in [2.45, 2.75) is 19.5 Å². The number of alkyl halides is 2. The summed E-state index contributed by atoms with van der Waals surface area (Å²) in [6.07, 6.45) is -2.67. The normalized spacial score (nSPS) is 13.2. The molecule has 1 atom stereocenters. The van der Waals surface area contributed by atoms with E-state index in [1.54, 1.807) is 6.92 Å². The minimum absolute atomic E-state index is 0.231. The number of rotatable bonds is 6. The molecule has 1 rings (SSSR count). The summed E-state index contributed by atoms with van der Waals surface area (Å²) in [5.41, 5.74) is 0. The average molecular weight is 289 g/mol. The zero-order chi connectivity index (χ0) is 15.0. The highest BCUT2D eigenvalue weighted by molar-refractivity contribution is 5.79. The van der Waals surface area contributed by atoms with Gasteiger partial charge in [0.15, 0.2) is 5.96 Å². The van der Waals surface area contributed by atoms with Gasteiger partial charge in [-0.2, -0.15) is 0 Å². The lowest BCUT2D eigenvalue weighted by atomic mass is 10.3. The van der Waals surface area contributed by atoms with Crippen molar-refractivity contribution in [2.75, 3.05) is 20.1 Å². The number of hydrogen-bond acceptors (Lipinski definition) is 2. The summed E-state index contributed by atoms with van der Waals surface area (Å²) >= 11 is 0. The van der Waals surface area contributed by atoms with Crippen LogP contribution in [0.5, 0.6) is 5.75 Å². The number of guanidine groups is 1. The number of ether oxygens (including phenoxy) is 1. The van der Waals surface area contributed by atoms with E-state index in [4.69, 9.17) is 4.74 Å². The van der Waals surface area contributed by atoms with Gasteiger partial charge in [0, 0.05) is 7.05 Å². The summed E-state index contributed by atoms with van der Waals surface area (Å²) in [5, 5.41) is 5.34. The highest BCUT2D eigenvalue weighted by atomic mass is 19.3. The first kappa shape index (κ1) is 16.1. The summed E-state index contributed by atoms with van der Waals surface area (Å²) in [6.45, 7) is 1.71. The van der Waals surface area contributed by atoms with Gasteiger partial charge < -0.3 is 15.4 Å². The van der Waals surface area contributed by atoms with E-state index in [0.717, 1.165) is 0 Å². The quantitative estimate of drug-likeness (QED) is 0.622. The largest absolute Gasteiger partial charge is 0.489 e. The van der Waals surface area contributed by atoms with Gasteiger partial charge in [-0.15, -0.1) is 0 Å². The molecule has 0 aliphatic heterocycles. The van der Waals surface area contributed by atoms with Crippen LogP contribution in [-0.2, 0) is 0 Å². The molecule has 20 heavy (non-hydrogen) atoms. The molecular weight excluding hydrogens is 271 g/mol. The molecule has 0 bridgehead atoms. The molecular formula is C13H18F3N3O. The summed E-state index contributed by atoms with van der Waals surface area (Å²) in [5.74, 6) is 0.482. The maximum atomic E-state index is 12.7. The predicted molar refractivity (Wildman–Crippen MR) is 71.9 cm³/mol. The summed E-state index contributed by atoms with van der Waals surface area (Å²) in [7, 11) is 1.49. The fourth-order valence-corrected chi connectivity index (χ4v) is 1.42. The van der Waals surface area contributed by atoms with Gasteiger partial charge in [0.1, 0.15) is 17.7 Å². The number of benzene rings is 1. The Kier molecular flexibility index (Phi) is 6.69. The van der Waals surface area contributed by atoms with Crippen LogP contribution in [0.3, 0.4) is 0 Å². The lowest BCUT2D eigenvalue weighted by Crippen LogP contribution is -2.43. The van der Waals surface area contributed by atoms with Crippen LogP contribution < -0.4 is 15.4 Å². The van der Waals surface area contributed by atoms with Gasteiger partial charge in [-0.3, -0.25) is 4.99 Å². The molecule has 0 radical (unpaired) electrons. The maximum absolute atomic E-state index is 12.7. The zero-order valence-corrected chi connectivity index (χ0v) is 11.4. The van der Waals surface area contributed by atoms with Crippen LogP contribution in [-0.4, -0.2) is 38.6 Å². The van der Waals surface area contributed by atoms with Gasteiger partial charge in [-0.1, -0.05) is 0 Å². The van der Waals surface area contributed by atoms with Gasteiger partial charge in [-0.05, 0) is 31.2 Å². The minimum atomic E-state index is -2.44. The second-order valence-corrected chi connectivity index (χ2v) is 4.11. The van der Waals surface area contributed by atoms with Crippen molar-refractivity contribution < 1.29 is 17.9 Å². The van der Waals surface area contributed by atoms with Crippen LogP contribution in [0.25, 0.3) is 0 Å². The van der Waals surface area contributed by atoms with E-state index in [-0.39, 0.29) is 17.9 Å². The Morgan fingerprint density at radius 3 is 2.35 bits per heavy atom. The summed E-state index contributed by atoms with van der Waals surface area (Å²) < 4.78 is 42.4. The van der Waals surface area contributed by atoms with Crippen LogP contribution in [0.2, 0.25) is 0 Å². The molecule has 0 aromatic heterocycles. The monoisotopic (exact) mass is 289 g/mol. The molecule has 0 amide bonds. The molecule has 1 aromatic carbocycles. The second-order valence-electron chi connectivity index (χ2n) is 4.11. The van der Waals surface area contributed by atoms with Gasteiger partial charge in [-0.25, -0.2) is 13.2 Å². The van der Waals surface area contributed by atoms with E-state index >= 15 is 0 Å². The number of hydrogen-bond donors (Lipinski definition) is 2. The van der Waals surface area contributed by atoms with Gasteiger partial charge >= 0.3 is 0 Å². The molecule has 4 nitrogen and oxygen atoms in total. The molecule has 0 saturated carbocycles. The fourth-order valence-electron chi connectivity index (χ4n) is 1.42. The number of aliphatic imine (C=N–C) groups is 1. The van der Waals surface area contributed by atoms with Gasteiger partial charge in [0.2, 0.25) is 0 Å². The van der Waals surface area contributed by atoms with E-state index in [0.29, 0.717) is 12.3 Å². The highest BCUT2D eigenvalue weighted by Crippen LogP contribution is 2.12. The van der Waals surface area contributed by atoms with Gasteiger partial charge in [0.05, 0.1) is 13.1 Å². The van der Waals surface area contributed by atoms with Gasteiger partial charge in [0.25, 0.3) is 6.43 Å². The van der Waals surface area contributed by atoms with E-state index in [9.17, 15) is 13.2 Å². The number of nitrogens with zero attached hydrogens (tertiary/aromatic N) is 1. The molecule has 0 spiro atoms. The molecule has 2 N–H and O–H groups in total. The van der Waals surface area contributed by atoms with Crippen molar-refractivity contribution in [3.63, 3.8) is 0 Å². The third-order valence-corrected chi connectivity index (χ3v) is 2.36. The fraction of sp³-hybridized carbons (Fsp3) is 0.462. The molecule has 112 valence electrons. The third kappa shape index (κ3) is 6.31. The topological polar surface area (TPSA) is 45.7 Å². The van der Waals surface area contributed by atoms with Crippen molar-refractivity contribution in [2.24, 2.45) is 4.99 Å². The van der Waals surface area contributed by atoms with Crippen molar-refractivity contribution in [3.05, 3.63) is 30.1 Å². The van der Waals surface area contributed by atoms with E-state index in [1.165, 1.54) is 31.3 Å². The molecule has 0 fully saturated rings. The van der Waals surface area contributed by atoms with Crippen LogP contribution in [0.1, 0.15) is 6.92 Å². The average Bonchev–Trinajstić information content (AvgIpc) is 2.41. The Hall–Kier alpha value is -1.92. The smallest absolute Gasteiger partial charge is 0.255 e. The van der Waals surface area contributed by atoms with Crippen LogP contribution in [0.4, 0.5) is 13.2 Å². The molecule has 0 heterocycles. The van der Waals surface area contributed by atoms with Crippen LogP contribution in [0.15, 0.2) is 29.3 Å². The van der Waals surface area contributed by atoms with Crippen LogP contribution in [0, 0.1) is 5.82 Å². The van der Waals surface area contributed by atoms with Crippen molar-refractivity contribution in [3.8, 4) is 5.75 Å². The Balaban J connectivity index is 2.34. The standard InChI is InChI=1S/C13H18F3N3O/c1-9(20-11-5-3-10(14)4-6-11)7-18-13(17-2)19-8-12(15)16/h3-6,9,12H,7-8H2,1-2H3,(H2,17,18,19). The Labute approximate surface area is 116 Å². The Bertz CT molecular complexity index is 423. The Morgan fingerprint density at radius 2 is 1.80 bits per heavy atom. The Morgan fingerprint density at radius 1 is 1.20 bits per heavy atom. The van der Waals surface area contributed by atoms with E-state index in [1.807, 2.05) is 0 Å². The zero-order valence-electron chi connectivity index (χ0n) is 11.4. The minimum Gasteiger partial charge on any atom is -0.489 e. The lowest BCUT2D eigenvalue weighted by molar-refractivity contribution is 0.152. The molecule has 1 unspecified atom stereocenters. The summed E-state index contributed by atoms with van der Waals surface area (Å²) in [4.78, 5) is 3.81. The first-order chi connectivity index (χ1) is 9.51. The molecule has 0 aliphatic rings. The first-order valence-electron chi connectivity index (χ1n) is 6.16. The molecule has 0 aliphatic carbocycles. The van der Waals surface area contributed by atoms with E-state index < -0.39 is 13.0 Å². The molecule has 0 saturated heterocycles. The van der Waals surface area contributed by atoms with Crippen molar-refractivity contribution in [1.29, 1.82) is 0 Å². The predicted octanol–water partition coefficient (Wildman–Crippen LogP) is 2.02. The summed E-state index contributed by atoms with van der Waals surface area (Å²) in [6, 6.07) is 5.66. The SMILES string of the molecule is CN=C(NCC(F)F)NCC(C)Oc1ccc(F)cc1. The molecule has 7 heteroatoms.